The van der Waals surface area contributed by atoms with Crippen molar-refractivity contribution >= 4 is 0 Å². The third-order valence-corrected chi connectivity index (χ3v) is 4.01. The minimum Gasteiger partial charge on any atom is -0.373 e. The molecule has 2 fully saturated rings. The Morgan fingerprint density at radius 2 is 2.17 bits per heavy atom. The molecule has 0 amide bonds. The van der Waals surface area contributed by atoms with Crippen molar-refractivity contribution in [1.29, 1.82) is 0 Å². The third kappa shape index (κ3) is 2.57. The van der Waals surface area contributed by atoms with Crippen molar-refractivity contribution in [3.63, 3.8) is 0 Å². The standard InChI is InChI=1S/C15H20FNO/c1-10-2-3-12(16)8-14(10)15-11(6-7-18-15)9-17-13-4-5-13/h2-3,8,11,13,15,17H,4-7,9H2,1H3. The van der Waals surface area contributed by atoms with E-state index in [1.54, 1.807) is 6.07 Å². The Labute approximate surface area is 108 Å². The van der Waals surface area contributed by atoms with Gasteiger partial charge < -0.3 is 10.1 Å². The fourth-order valence-electron chi connectivity index (χ4n) is 2.71. The van der Waals surface area contributed by atoms with Crippen LogP contribution < -0.4 is 5.32 Å². The van der Waals surface area contributed by atoms with Gasteiger partial charge in [0.1, 0.15) is 5.82 Å². The van der Waals surface area contributed by atoms with Gasteiger partial charge in [0.25, 0.3) is 0 Å². The molecule has 98 valence electrons. The molecular formula is C15H20FNO. The molecule has 2 unspecified atom stereocenters. The maximum atomic E-state index is 13.4. The zero-order valence-electron chi connectivity index (χ0n) is 10.8. The van der Waals surface area contributed by atoms with Crippen LogP contribution in [0.25, 0.3) is 0 Å². The van der Waals surface area contributed by atoms with Gasteiger partial charge >= 0.3 is 0 Å². The molecule has 3 heteroatoms. The van der Waals surface area contributed by atoms with Gasteiger partial charge in [0, 0.05) is 25.1 Å². The number of rotatable bonds is 4. The SMILES string of the molecule is Cc1ccc(F)cc1C1OCCC1CNC1CC1. The van der Waals surface area contributed by atoms with Crippen LogP contribution in [0.2, 0.25) is 0 Å². The summed E-state index contributed by atoms with van der Waals surface area (Å²) in [6.07, 6.45) is 3.74. The van der Waals surface area contributed by atoms with Crippen LogP contribution in [0.3, 0.4) is 0 Å². The monoisotopic (exact) mass is 249 g/mol. The maximum absolute atomic E-state index is 13.4. The summed E-state index contributed by atoms with van der Waals surface area (Å²) in [5.41, 5.74) is 2.15. The van der Waals surface area contributed by atoms with E-state index in [0.29, 0.717) is 5.92 Å². The summed E-state index contributed by atoms with van der Waals surface area (Å²) in [5, 5.41) is 3.56. The molecule has 0 radical (unpaired) electrons. The van der Waals surface area contributed by atoms with E-state index in [1.807, 2.05) is 13.0 Å². The molecule has 2 atom stereocenters. The van der Waals surface area contributed by atoms with Crippen molar-refractivity contribution in [2.45, 2.75) is 38.3 Å². The summed E-state index contributed by atoms with van der Waals surface area (Å²) in [6.45, 7) is 3.81. The minimum absolute atomic E-state index is 0.0620. The van der Waals surface area contributed by atoms with E-state index in [1.165, 1.54) is 18.9 Å². The Hall–Kier alpha value is -0.930. The van der Waals surface area contributed by atoms with E-state index in [9.17, 15) is 4.39 Å². The van der Waals surface area contributed by atoms with Gasteiger partial charge in [-0.3, -0.25) is 0 Å². The first-order valence-corrected chi connectivity index (χ1v) is 6.85. The van der Waals surface area contributed by atoms with Gasteiger partial charge in [0.15, 0.2) is 0 Å². The van der Waals surface area contributed by atoms with Crippen LogP contribution in [0.5, 0.6) is 0 Å². The lowest BCUT2D eigenvalue weighted by Gasteiger charge is -2.21. The van der Waals surface area contributed by atoms with Gasteiger partial charge in [0.05, 0.1) is 6.10 Å². The molecule has 2 nitrogen and oxygen atoms in total. The van der Waals surface area contributed by atoms with E-state index in [4.69, 9.17) is 4.74 Å². The second-order valence-corrected chi connectivity index (χ2v) is 5.52. The highest BCUT2D eigenvalue weighted by Gasteiger charge is 2.32. The lowest BCUT2D eigenvalue weighted by Crippen LogP contribution is -2.26. The molecule has 1 N–H and O–H groups in total. The van der Waals surface area contributed by atoms with Crippen molar-refractivity contribution in [2.24, 2.45) is 5.92 Å². The lowest BCUT2D eigenvalue weighted by molar-refractivity contribution is 0.0897. The number of benzene rings is 1. The molecule has 1 heterocycles. The van der Waals surface area contributed by atoms with Gasteiger partial charge in [-0.25, -0.2) is 4.39 Å². The molecule has 0 aromatic heterocycles. The van der Waals surface area contributed by atoms with Gasteiger partial charge in [-0.05, 0) is 49.4 Å². The molecule has 1 saturated heterocycles. The number of nitrogens with one attached hydrogen (secondary N) is 1. The van der Waals surface area contributed by atoms with E-state index < -0.39 is 0 Å². The Bertz CT molecular complexity index is 431. The molecule has 3 rings (SSSR count). The second-order valence-electron chi connectivity index (χ2n) is 5.52. The highest BCUT2D eigenvalue weighted by molar-refractivity contribution is 5.29. The highest BCUT2D eigenvalue weighted by atomic mass is 19.1. The quantitative estimate of drug-likeness (QED) is 0.885. The number of hydrogen-bond acceptors (Lipinski definition) is 2. The maximum Gasteiger partial charge on any atom is 0.123 e. The lowest BCUT2D eigenvalue weighted by atomic mass is 9.92. The number of ether oxygens (including phenoxy) is 1. The van der Waals surface area contributed by atoms with Crippen LogP contribution >= 0.6 is 0 Å². The summed E-state index contributed by atoms with van der Waals surface area (Å²) in [5.74, 6) is 0.311. The first-order chi connectivity index (χ1) is 8.74. The Kier molecular flexibility index (Phi) is 3.35. The summed E-state index contributed by atoms with van der Waals surface area (Å²) in [7, 11) is 0. The van der Waals surface area contributed by atoms with Crippen molar-refractivity contribution in [3.05, 3.63) is 35.1 Å². The molecule has 1 aliphatic heterocycles. The number of halogens is 1. The van der Waals surface area contributed by atoms with Crippen LogP contribution in [0.4, 0.5) is 4.39 Å². The first-order valence-electron chi connectivity index (χ1n) is 6.85. The Morgan fingerprint density at radius 3 is 2.94 bits per heavy atom. The first kappa shape index (κ1) is 12.1. The van der Waals surface area contributed by atoms with Crippen molar-refractivity contribution < 1.29 is 9.13 Å². The summed E-state index contributed by atoms with van der Waals surface area (Å²) in [6, 6.07) is 5.72. The van der Waals surface area contributed by atoms with Crippen molar-refractivity contribution in [1.82, 2.24) is 5.32 Å². The van der Waals surface area contributed by atoms with E-state index in [2.05, 4.69) is 5.32 Å². The minimum atomic E-state index is -0.167. The van der Waals surface area contributed by atoms with Crippen LogP contribution in [-0.2, 0) is 4.74 Å². The fourth-order valence-corrected chi connectivity index (χ4v) is 2.71. The predicted molar refractivity (Wildman–Crippen MR) is 69.0 cm³/mol. The van der Waals surface area contributed by atoms with Gasteiger partial charge in [-0.15, -0.1) is 0 Å². The van der Waals surface area contributed by atoms with E-state index in [0.717, 1.165) is 36.7 Å². The molecule has 0 bridgehead atoms. The van der Waals surface area contributed by atoms with Gasteiger partial charge in [0.2, 0.25) is 0 Å². The van der Waals surface area contributed by atoms with Crippen LogP contribution in [-0.4, -0.2) is 19.2 Å². The van der Waals surface area contributed by atoms with Crippen LogP contribution in [0, 0.1) is 18.7 Å². The topological polar surface area (TPSA) is 21.3 Å². The predicted octanol–water partition coefficient (Wildman–Crippen LogP) is 2.96. The summed E-state index contributed by atoms with van der Waals surface area (Å²) >= 11 is 0. The van der Waals surface area contributed by atoms with Crippen molar-refractivity contribution in [2.75, 3.05) is 13.2 Å². The fraction of sp³-hybridized carbons (Fsp3) is 0.600. The molecule has 1 saturated carbocycles. The number of aryl methyl sites for hydroxylation is 1. The zero-order chi connectivity index (χ0) is 12.5. The molecule has 18 heavy (non-hydrogen) atoms. The van der Waals surface area contributed by atoms with Crippen LogP contribution in [0.1, 0.15) is 36.5 Å². The Morgan fingerprint density at radius 1 is 1.33 bits per heavy atom. The van der Waals surface area contributed by atoms with Gasteiger partial charge in [-0.1, -0.05) is 6.07 Å². The average molecular weight is 249 g/mol. The molecule has 1 aromatic carbocycles. The van der Waals surface area contributed by atoms with E-state index in [-0.39, 0.29) is 11.9 Å². The van der Waals surface area contributed by atoms with Crippen LogP contribution in [0.15, 0.2) is 18.2 Å². The average Bonchev–Trinajstić information content (AvgIpc) is 3.08. The number of hydrogen-bond donors (Lipinski definition) is 1. The third-order valence-electron chi connectivity index (χ3n) is 4.01. The summed E-state index contributed by atoms with van der Waals surface area (Å²) in [4.78, 5) is 0. The molecular weight excluding hydrogens is 229 g/mol. The molecule has 2 aliphatic rings. The van der Waals surface area contributed by atoms with Gasteiger partial charge in [-0.2, -0.15) is 0 Å². The molecule has 0 spiro atoms. The second kappa shape index (κ2) is 4.98. The largest absolute Gasteiger partial charge is 0.373 e. The smallest absolute Gasteiger partial charge is 0.123 e. The van der Waals surface area contributed by atoms with Crippen molar-refractivity contribution in [3.8, 4) is 0 Å². The summed E-state index contributed by atoms with van der Waals surface area (Å²) < 4.78 is 19.2. The zero-order valence-corrected chi connectivity index (χ0v) is 10.8. The van der Waals surface area contributed by atoms with E-state index >= 15 is 0 Å². The molecule has 1 aromatic rings. The Balaban J connectivity index is 1.73. The highest BCUT2D eigenvalue weighted by Crippen LogP contribution is 2.36. The normalized spacial score (nSPS) is 27.7. The molecule has 1 aliphatic carbocycles.